The van der Waals surface area contributed by atoms with Crippen LogP contribution in [0, 0.1) is 0 Å². The normalized spacial score (nSPS) is 19.1. The van der Waals surface area contributed by atoms with Gasteiger partial charge in [-0.3, -0.25) is 4.90 Å². The molecule has 1 aliphatic heterocycles. The number of sulfonamides is 1. The van der Waals surface area contributed by atoms with Gasteiger partial charge in [0.25, 0.3) is 0 Å². The summed E-state index contributed by atoms with van der Waals surface area (Å²) in [5, 5.41) is -0.154. The van der Waals surface area contributed by atoms with Crippen molar-refractivity contribution in [1.29, 1.82) is 0 Å². The van der Waals surface area contributed by atoms with Crippen LogP contribution in [0.25, 0.3) is 0 Å². The Morgan fingerprint density at radius 3 is 2.50 bits per heavy atom. The van der Waals surface area contributed by atoms with Crippen molar-refractivity contribution in [2.45, 2.75) is 36.9 Å². The summed E-state index contributed by atoms with van der Waals surface area (Å²) in [6, 6.07) is 2.81. The average molecular weight is 442 g/mol. The van der Waals surface area contributed by atoms with E-state index in [2.05, 4.69) is 4.90 Å². The summed E-state index contributed by atoms with van der Waals surface area (Å²) in [6.07, 6.45) is -3.03. The predicted molar refractivity (Wildman–Crippen MR) is 104 cm³/mol. The van der Waals surface area contributed by atoms with E-state index in [0.29, 0.717) is 12.6 Å². The summed E-state index contributed by atoms with van der Waals surface area (Å²) in [6.45, 7) is 4.34. The molecule has 0 radical (unpaired) electrons. The number of likely N-dealkylation sites (N-methyl/N-ethyl adjacent to an activating group) is 2. The molecule has 0 aromatic heterocycles. The van der Waals surface area contributed by atoms with Crippen LogP contribution in [0.15, 0.2) is 23.1 Å². The molecule has 1 aliphatic rings. The number of benzene rings is 1. The van der Waals surface area contributed by atoms with Gasteiger partial charge in [-0.2, -0.15) is 17.5 Å². The Bertz CT molecular complexity index is 772. The molecular formula is C18H27ClF3N3O2S. The minimum atomic E-state index is -4.82. The van der Waals surface area contributed by atoms with Gasteiger partial charge in [0.1, 0.15) is 0 Å². The SMILES string of the molecule is CCN1CCCC1CN(CCN(C)C)S(=O)(=O)c1ccc(Cl)cc1C(F)(F)F. The molecule has 5 nitrogen and oxygen atoms in total. The molecule has 1 aromatic rings. The number of halogens is 4. The standard InChI is InChI=1S/C18H27ClF3N3O2S/c1-4-24-9-5-6-15(24)13-25(11-10-23(2)3)28(26,27)17-8-7-14(19)12-16(17)18(20,21)22/h7-8,12,15H,4-6,9-11,13H2,1-3H3. The van der Waals surface area contributed by atoms with Crippen molar-refractivity contribution < 1.29 is 21.6 Å². The van der Waals surface area contributed by atoms with Gasteiger partial charge in [-0.05, 0) is 58.2 Å². The van der Waals surface area contributed by atoms with Crippen LogP contribution in [0.2, 0.25) is 5.02 Å². The van der Waals surface area contributed by atoms with E-state index < -0.39 is 26.7 Å². The molecule has 0 spiro atoms. The largest absolute Gasteiger partial charge is 0.417 e. The van der Waals surface area contributed by atoms with Crippen LogP contribution in [0.5, 0.6) is 0 Å². The van der Waals surface area contributed by atoms with Crippen LogP contribution in [-0.4, -0.2) is 75.4 Å². The Balaban J connectivity index is 2.43. The number of rotatable bonds is 8. The quantitative estimate of drug-likeness (QED) is 0.620. The Morgan fingerprint density at radius 2 is 1.93 bits per heavy atom. The second-order valence-corrected chi connectivity index (χ2v) is 9.57. The van der Waals surface area contributed by atoms with Crippen LogP contribution < -0.4 is 0 Å². The van der Waals surface area contributed by atoms with Gasteiger partial charge in [-0.1, -0.05) is 18.5 Å². The zero-order chi connectivity index (χ0) is 21.1. The lowest BCUT2D eigenvalue weighted by Gasteiger charge is -2.31. The molecule has 28 heavy (non-hydrogen) atoms. The highest BCUT2D eigenvalue weighted by Gasteiger charge is 2.40. The molecule has 2 rings (SSSR count). The molecule has 1 atom stereocenters. The third kappa shape index (κ3) is 5.60. The van der Waals surface area contributed by atoms with Gasteiger partial charge >= 0.3 is 6.18 Å². The van der Waals surface area contributed by atoms with Gasteiger partial charge in [0.05, 0.1) is 10.5 Å². The van der Waals surface area contributed by atoms with E-state index in [9.17, 15) is 21.6 Å². The second-order valence-electron chi connectivity index (χ2n) is 7.23. The van der Waals surface area contributed by atoms with Crippen molar-refractivity contribution >= 4 is 21.6 Å². The van der Waals surface area contributed by atoms with E-state index in [4.69, 9.17) is 11.6 Å². The summed E-state index contributed by atoms with van der Waals surface area (Å²) in [5.74, 6) is 0. The van der Waals surface area contributed by atoms with Crippen molar-refractivity contribution in [2.24, 2.45) is 0 Å². The fourth-order valence-electron chi connectivity index (χ4n) is 3.46. The topological polar surface area (TPSA) is 43.9 Å². The average Bonchev–Trinajstić information content (AvgIpc) is 3.04. The van der Waals surface area contributed by atoms with Gasteiger partial charge in [0.2, 0.25) is 10.0 Å². The maximum absolute atomic E-state index is 13.5. The van der Waals surface area contributed by atoms with E-state index in [1.165, 1.54) is 10.4 Å². The Hall–Kier alpha value is -0.870. The van der Waals surface area contributed by atoms with Crippen LogP contribution in [0.4, 0.5) is 13.2 Å². The third-order valence-corrected chi connectivity index (χ3v) is 7.14. The van der Waals surface area contributed by atoms with Gasteiger partial charge < -0.3 is 4.90 Å². The molecule has 1 fully saturated rings. The lowest BCUT2D eigenvalue weighted by atomic mass is 10.2. The molecule has 1 unspecified atom stereocenters. The zero-order valence-corrected chi connectivity index (χ0v) is 17.9. The fraction of sp³-hybridized carbons (Fsp3) is 0.667. The minimum absolute atomic E-state index is 0.00331. The number of hydrogen-bond donors (Lipinski definition) is 0. The first-order valence-electron chi connectivity index (χ1n) is 9.22. The Morgan fingerprint density at radius 1 is 1.25 bits per heavy atom. The summed E-state index contributed by atoms with van der Waals surface area (Å²) < 4.78 is 68.2. The van der Waals surface area contributed by atoms with Crippen LogP contribution >= 0.6 is 11.6 Å². The second kappa shape index (κ2) is 9.30. The van der Waals surface area contributed by atoms with Gasteiger partial charge in [-0.25, -0.2) is 8.42 Å². The first kappa shape index (κ1) is 23.4. The van der Waals surface area contributed by atoms with Crippen molar-refractivity contribution in [3.8, 4) is 0 Å². The van der Waals surface area contributed by atoms with Crippen molar-refractivity contribution in [1.82, 2.24) is 14.1 Å². The highest BCUT2D eigenvalue weighted by Crippen LogP contribution is 2.37. The Labute approximate surface area is 170 Å². The molecule has 0 N–H and O–H groups in total. The molecular weight excluding hydrogens is 415 g/mol. The van der Waals surface area contributed by atoms with Gasteiger partial charge in [-0.15, -0.1) is 0 Å². The number of hydrogen-bond acceptors (Lipinski definition) is 4. The summed E-state index contributed by atoms with van der Waals surface area (Å²) in [4.78, 5) is 3.23. The molecule has 1 aromatic carbocycles. The smallest absolute Gasteiger partial charge is 0.308 e. The predicted octanol–water partition coefficient (Wildman–Crippen LogP) is 3.40. The fourth-order valence-corrected chi connectivity index (χ4v) is 5.30. The molecule has 1 heterocycles. The first-order valence-corrected chi connectivity index (χ1v) is 11.0. The maximum atomic E-state index is 13.5. The van der Waals surface area contributed by atoms with Crippen molar-refractivity contribution in [2.75, 3.05) is 46.8 Å². The molecule has 0 saturated carbocycles. The van der Waals surface area contributed by atoms with Crippen molar-refractivity contribution in [3.63, 3.8) is 0 Å². The first-order chi connectivity index (χ1) is 13.0. The van der Waals surface area contributed by atoms with E-state index in [1.54, 1.807) is 19.0 Å². The highest BCUT2D eigenvalue weighted by molar-refractivity contribution is 7.89. The van der Waals surface area contributed by atoms with E-state index in [0.717, 1.165) is 32.0 Å². The van der Waals surface area contributed by atoms with E-state index >= 15 is 0 Å². The number of alkyl halides is 3. The summed E-state index contributed by atoms with van der Waals surface area (Å²) >= 11 is 5.71. The van der Waals surface area contributed by atoms with Crippen molar-refractivity contribution in [3.05, 3.63) is 28.8 Å². The number of nitrogens with zero attached hydrogens (tertiary/aromatic N) is 3. The monoisotopic (exact) mass is 441 g/mol. The molecule has 0 amide bonds. The summed E-state index contributed by atoms with van der Waals surface area (Å²) in [5.41, 5.74) is -1.23. The van der Waals surface area contributed by atoms with Crippen LogP contribution in [0.1, 0.15) is 25.3 Å². The molecule has 160 valence electrons. The van der Waals surface area contributed by atoms with E-state index in [1.807, 2.05) is 6.92 Å². The minimum Gasteiger partial charge on any atom is -0.308 e. The number of likely N-dealkylation sites (tertiary alicyclic amines) is 1. The van der Waals surface area contributed by atoms with Crippen LogP contribution in [0.3, 0.4) is 0 Å². The van der Waals surface area contributed by atoms with Crippen LogP contribution in [-0.2, 0) is 16.2 Å². The lowest BCUT2D eigenvalue weighted by molar-refractivity contribution is -0.139. The summed E-state index contributed by atoms with van der Waals surface area (Å²) in [7, 11) is -0.757. The van der Waals surface area contributed by atoms with Gasteiger partial charge in [0, 0.05) is 30.7 Å². The van der Waals surface area contributed by atoms with E-state index in [-0.39, 0.29) is 24.2 Å². The highest BCUT2D eigenvalue weighted by atomic mass is 35.5. The maximum Gasteiger partial charge on any atom is 0.417 e. The lowest BCUT2D eigenvalue weighted by Crippen LogP contribution is -2.45. The molecule has 0 bridgehead atoms. The zero-order valence-electron chi connectivity index (χ0n) is 16.3. The van der Waals surface area contributed by atoms with Gasteiger partial charge in [0.15, 0.2) is 0 Å². The third-order valence-electron chi connectivity index (χ3n) is 4.98. The Kier molecular flexibility index (Phi) is 7.77. The molecule has 1 saturated heterocycles. The molecule has 0 aliphatic carbocycles. The molecule has 10 heteroatoms.